The van der Waals surface area contributed by atoms with Crippen LogP contribution in [0.15, 0.2) is 48.5 Å². The number of benzene rings is 2. The Morgan fingerprint density at radius 3 is 2.35 bits per heavy atom. The molecule has 1 fully saturated rings. The second-order valence-corrected chi connectivity index (χ2v) is 6.53. The van der Waals surface area contributed by atoms with E-state index in [4.69, 9.17) is 11.6 Å². The summed E-state index contributed by atoms with van der Waals surface area (Å²) in [4.78, 5) is 13.9. The normalized spacial score (nSPS) is 14.8. The van der Waals surface area contributed by atoms with Crippen molar-refractivity contribution in [2.45, 2.75) is 25.9 Å². The number of hydrogen-bond donors (Lipinski definition) is 2. The molecule has 0 spiro atoms. The van der Waals surface area contributed by atoms with Crippen LogP contribution in [0.5, 0.6) is 0 Å². The van der Waals surface area contributed by atoms with Gasteiger partial charge in [-0.15, -0.1) is 0 Å². The molecule has 0 saturated carbocycles. The number of nitrogens with one attached hydrogen (secondary N) is 2. The van der Waals surface area contributed by atoms with Gasteiger partial charge in [0.05, 0.1) is 13.1 Å². The summed E-state index contributed by atoms with van der Waals surface area (Å²) in [5, 5.41) is 3.65. The number of hydrogen-bond acceptors (Lipinski definition) is 1. The van der Waals surface area contributed by atoms with E-state index in [1.807, 2.05) is 6.07 Å². The first-order chi connectivity index (χ1) is 11.2. The van der Waals surface area contributed by atoms with Crippen molar-refractivity contribution in [3.8, 4) is 0 Å². The minimum atomic E-state index is -0.0648. The molecule has 2 aromatic carbocycles. The first-order valence-corrected chi connectivity index (χ1v) is 8.54. The van der Waals surface area contributed by atoms with Crippen molar-refractivity contribution in [1.29, 1.82) is 0 Å². The number of rotatable bonds is 5. The highest BCUT2D eigenvalue weighted by Crippen LogP contribution is 2.11. The number of quaternary nitrogens is 1. The smallest absolute Gasteiger partial charge is 0.251 e. The zero-order valence-electron chi connectivity index (χ0n) is 13.1. The van der Waals surface area contributed by atoms with Gasteiger partial charge in [-0.2, -0.15) is 0 Å². The van der Waals surface area contributed by atoms with Crippen molar-refractivity contribution >= 4 is 17.5 Å². The maximum absolute atomic E-state index is 12.2. The van der Waals surface area contributed by atoms with Crippen LogP contribution in [-0.2, 0) is 13.1 Å². The Balaban J connectivity index is 1.63. The third kappa shape index (κ3) is 4.34. The molecule has 0 radical (unpaired) electrons. The number of halogens is 1. The molecule has 0 aliphatic carbocycles. The zero-order chi connectivity index (χ0) is 16.1. The summed E-state index contributed by atoms with van der Waals surface area (Å²) in [5.74, 6) is -0.0648. The molecule has 2 aromatic rings. The molecule has 3 rings (SSSR count). The van der Waals surface area contributed by atoms with Gasteiger partial charge < -0.3 is 10.2 Å². The van der Waals surface area contributed by atoms with Crippen molar-refractivity contribution in [2.24, 2.45) is 0 Å². The van der Waals surface area contributed by atoms with Gasteiger partial charge in [-0.25, -0.2) is 0 Å². The molecule has 23 heavy (non-hydrogen) atoms. The summed E-state index contributed by atoms with van der Waals surface area (Å²) < 4.78 is 0. The maximum Gasteiger partial charge on any atom is 0.251 e. The van der Waals surface area contributed by atoms with Crippen LogP contribution in [0.1, 0.15) is 34.3 Å². The summed E-state index contributed by atoms with van der Waals surface area (Å²) >= 11 is 5.86. The maximum atomic E-state index is 12.2. The molecule has 2 N–H and O–H groups in total. The fourth-order valence-electron chi connectivity index (χ4n) is 3.10. The van der Waals surface area contributed by atoms with E-state index in [2.05, 4.69) is 23.5 Å². The van der Waals surface area contributed by atoms with Gasteiger partial charge >= 0.3 is 0 Å². The number of likely N-dealkylation sites (tertiary alicyclic amines) is 1. The predicted molar refractivity (Wildman–Crippen MR) is 92.7 cm³/mol. The molecule has 0 bridgehead atoms. The summed E-state index contributed by atoms with van der Waals surface area (Å²) in [6.45, 7) is 4.12. The van der Waals surface area contributed by atoms with Gasteiger partial charge in [-0.05, 0) is 29.8 Å². The van der Waals surface area contributed by atoms with E-state index in [1.165, 1.54) is 37.1 Å². The minimum absolute atomic E-state index is 0.0648. The summed E-state index contributed by atoms with van der Waals surface area (Å²) in [7, 11) is 0. The van der Waals surface area contributed by atoms with Crippen molar-refractivity contribution in [1.82, 2.24) is 5.32 Å². The lowest BCUT2D eigenvalue weighted by atomic mass is 10.1. The third-order valence-electron chi connectivity index (χ3n) is 4.42. The molecule has 0 aromatic heterocycles. The van der Waals surface area contributed by atoms with E-state index in [1.54, 1.807) is 29.2 Å². The van der Waals surface area contributed by atoms with E-state index in [0.29, 0.717) is 17.1 Å². The van der Waals surface area contributed by atoms with Gasteiger partial charge in [0.25, 0.3) is 5.91 Å². The van der Waals surface area contributed by atoms with E-state index < -0.39 is 0 Å². The number of carbonyl (C=O) groups excluding carboxylic acids is 1. The SMILES string of the molecule is O=C(NCc1ccccc1C[NH+]1CCCC1)c1ccc(Cl)cc1. The molecular weight excluding hydrogens is 308 g/mol. The van der Waals surface area contributed by atoms with Gasteiger partial charge in [-0.1, -0.05) is 35.9 Å². The van der Waals surface area contributed by atoms with Gasteiger partial charge in [0, 0.05) is 35.5 Å². The number of amides is 1. The van der Waals surface area contributed by atoms with Crippen molar-refractivity contribution in [3.63, 3.8) is 0 Å². The monoisotopic (exact) mass is 329 g/mol. The molecule has 3 nitrogen and oxygen atoms in total. The van der Waals surface area contributed by atoms with Crippen molar-refractivity contribution in [2.75, 3.05) is 13.1 Å². The third-order valence-corrected chi connectivity index (χ3v) is 4.67. The Labute approximate surface area is 142 Å². The Hall–Kier alpha value is -1.84. The molecule has 4 heteroatoms. The summed E-state index contributed by atoms with van der Waals surface area (Å²) in [5.41, 5.74) is 3.17. The Kier molecular flexibility index (Phi) is 5.31. The summed E-state index contributed by atoms with van der Waals surface area (Å²) in [6, 6.07) is 15.4. The zero-order valence-corrected chi connectivity index (χ0v) is 13.9. The first kappa shape index (κ1) is 16.0. The molecule has 0 atom stereocenters. The highest BCUT2D eigenvalue weighted by Gasteiger charge is 2.17. The van der Waals surface area contributed by atoms with Crippen molar-refractivity contribution < 1.29 is 9.69 Å². The topological polar surface area (TPSA) is 33.5 Å². The van der Waals surface area contributed by atoms with E-state index in [-0.39, 0.29) is 5.91 Å². The molecule has 1 amide bonds. The second kappa shape index (κ2) is 7.62. The molecule has 1 aliphatic heterocycles. The lowest BCUT2D eigenvalue weighted by Gasteiger charge is -2.15. The Bertz CT molecular complexity index is 663. The van der Waals surface area contributed by atoms with Crippen molar-refractivity contribution in [3.05, 3.63) is 70.2 Å². The van der Waals surface area contributed by atoms with E-state index >= 15 is 0 Å². The van der Waals surface area contributed by atoms with Crippen LogP contribution in [-0.4, -0.2) is 19.0 Å². The fourth-order valence-corrected chi connectivity index (χ4v) is 3.23. The van der Waals surface area contributed by atoms with E-state index in [0.717, 1.165) is 6.54 Å². The van der Waals surface area contributed by atoms with Gasteiger partial charge in [0.2, 0.25) is 0 Å². The molecule has 1 aliphatic rings. The molecule has 120 valence electrons. The minimum Gasteiger partial charge on any atom is -0.348 e. The molecule has 1 heterocycles. The molecule has 0 unspecified atom stereocenters. The Morgan fingerprint density at radius 2 is 1.65 bits per heavy atom. The van der Waals surface area contributed by atoms with E-state index in [9.17, 15) is 4.79 Å². The van der Waals surface area contributed by atoms with Crippen LogP contribution in [0.25, 0.3) is 0 Å². The summed E-state index contributed by atoms with van der Waals surface area (Å²) in [6.07, 6.45) is 2.65. The van der Waals surface area contributed by atoms with Crippen LogP contribution in [0, 0.1) is 0 Å². The number of carbonyl (C=O) groups is 1. The van der Waals surface area contributed by atoms with Gasteiger partial charge in [0.1, 0.15) is 6.54 Å². The second-order valence-electron chi connectivity index (χ2n) is 6.09. The standard InChI is InChI=1S/C19H21ClN2O/c20-18-9-7-15(8-10-18)19(23)21-13-16-5-1-2-6-17(16)14-22-11-3-4-12-22/h1-2,5-10H,3-4,11-14H2,(H,21,23)/p+1. The average molecular weight is 330 g/mol. The van der Waals surface area contributed by atoms with Crippen LogP contribution in [0.2, 0.25) is 5.02 Å². The predicted octanol–water partition coefficient (Wildman–Crippen LogP) is 2.45. The fraction of sp³-hybridized carbons (Fsp3) is 0.316. The highest BCUT2D eigenvalue weighted by atomic mass is 35.5. The van der Waals surface area contributed by atoms with Gasteiger partial charge in [-0.3, -0.25) is 4.79 Å². The highest BCUT2D eigenvalue weighted by molar-refractivity contribution is 6.30. The first-order valence-electron chi connectivity index (χ1n) is 8.16. The molecule has 1 saturated heterocycles. The lowest BCUT2D eigenvalue weighted by Crippen LogP contribution is -3.08. The molecular formula is C19H22ClN2O+. The quantitative estimate of drug-likeness (QED) is 0.868. The lowest BCUT2D eigenvalue weighted by molar-refractivity contribution is -0.901. The largest absolute Gasteiger partial charge is 0.348 e. The van der Waals surface area contributed by atoms with Crippen LogP contribution in [0.3, 0.4) is 0 Å². The average Bonchev–Trinajstić information content (AvgIpc) is 3.07. The van der Waals surface area contributed by atoms with Gasteiger partial charge in [0.15, 0.2) is 0 Å². The van der Waals surface area contributed by atoms with Crippen LogP contribution >= 0.6 is 11.6 Å². The Morgan fingerprint density at radius 1 is 1.00 bits per heavy atom. The van der Waals surface area contributed by atoms with Crippen LogP contribution < -0.4 is 10.2 Å². The van der Waals surface area contributed by atoms with Crippen LogP contribution in [0.4, 0.5) is 0 Å².